The van der Waals surface area contributed by atoms with E-state index in [2.05, 4.69) is 20.6 Å². The lowest BCUT2D eigenvalue weighted by atomic mass is 9.86. The number of piperidine rings is 1. The molecular weight excluding hydrogens is 401 g/mol. The number of H-pyrrole nitrogens is 1. The van der Waals surface area contributed by atoms with Crippen molar-refractivity contribution in [2.75, 3.05) is 11.4 Å². The molecule has 0 spiro atoms. The molecule has 152 valence electrons. The molecule has 5 nitrogen and oxygen atoms in total. The highest BCUT2D eigenvalue weighted by molar-refractivity contribution is 7.78. The van der Waals surface area contributed by atoms with Crippen LogP contribution in [-0.2, 0) is 6.54 Å². The number of rotatable bonds is 3. The van der Waals surface area contributed by atoms with Crippen molar-refractivity contribution in [3.8, 4) is 0 Å². The van der Waals surface area contributed by atoms with Crippen molar-refractivity contribution in [1.29, 1.82) is 0 Å². The first-order chi connectivity index (χ1) is 13.9. The molecule has 2 aliphatic rings. The number of nitrogens with one attached hydrogen (secondary N) is 3. The number of carbonyl (C=O) groups is 1. The smallest absolute Gasteiger partial charge is 0.355 e. The molecule has 0 saturated carbocycles. The molecule has 29 heavy (non-hydrogen) atoms. The van der Waals surface area contributed by atoms with Crippen LogP contribution in [0.1, 0.15) is 40.5 Å². The van der Waals surface area contributed by atoms with Gasteiger partial charge in [0, 0.05) is 12.2 Å². The predicted octanol–water partition coefficient (Wildman–Crippen LogP) is 3.81. The van der Waals surface area contributed by atoms with Gasteiger partial charge in [-0.05, 0) is 53.8 Å². The molecule has 2 aliphatic heterocycles. The molecule has 0 aliphatic carbocycles. The fraction of sp³-hybridized carbons (Fsp3) is 0.350. The van der Waals surface area contributed by atoms with Gasteiger partial charge in [0.1, 0.15) is 5.69 Å². The zero-order valence-corrected chi connectivity index (χ0v) is 16.2. The van der Waals surface area contributed by atoms with Gasteiger partial charge in [-0.15, -0.1) is 0 Å². The number of hydrogen-bond donors (Lipinski definition) is 3. The van der Waals surface area contributed by atoms with Crippen molar-refractivity contribution >= 4 is 28.8 Å². The van der Waals surface area contributed by atoms with Crippen molar-refractivity contribution in [3.05, 3.63) is 59.2 Å². The van der Waals surface area contributed by atoms with Gasteiger partial charge in [-0.25, -0.2) is 0 Å². The summed E-state index contributed by atoms with van der Waals surface area (Å²) in [5.41, 5.74) is 2.74. The number of amides is 1. The maximum atomic E-state index is 13.3. The second-order valence-corrected chi connectivity index (χ2v) is 7.40. The van der Waals surface area contributed by atoms with Gasteiger partial charge in [-0.2, -0.15) is 13.2 Å². The summed E-state index contributed by atoms with van der Waals surface area (Å²) in [5, 5.41) is 8.50. The summed E-state index contributed by atoms with van der Waals surface area (Å²) in [6.07, 6.45) is -2.45. The number of thiocarbonyl (C=S) groups is 1. The Hall–Kier alpha value is -2.61. The summed E-state index contributed by atoms with van der Waals surface area (Å²) < 4.78 is 39.8. The maximum absolute atomic E-state index is 13.3. The van der Waals surface area contributed by atoms with E-state index in [0.29, 0.717) is 30.3 Å². The Kier molecular flexibility index (Phi) is 5.21. The maximum Gasteiger partial charge on any atom is 0.391 e. The first-order valence-electron chi connectivity index (χ1n) is 9.27. The van der Waals surface area contributed by atoms with Crippen LogP contribution in [0.15, 0.2) is 42.3 Å². The topological polar surface area (TPSA) is 60.2 Å². The van der Waals surface area contributed by atoms with Crippen molar-refractivity contribution < 1.29 is 18.0 Å². The standard InChI is InChI=1S/C20H19F3N4OS/c21-20(22,23)13-5-7-24-15(9-13)14-4-2-1-3-12(14)10-27-16-6-8-25-18(16)19(28)26-17(27)11-29/h1-4,6,8,13,15,24-25H,5,7,9-10H2,(H,26,28)/t13-,15-/m1/s1. The molecule has 3 heterocycles. The highest BCUT2D eigenvalue weighted by atomic mass is 32.1. The SMILES string of the molecule is O=C1NC(=C=S)N(Cc2ccccc2[C@H]2C[C@H](C(F)(F)F)CCN2)c2cc[nH]c21. The molecule has 3 N–H and O–H groups in total. The molecule has 2 atom stereocenters. The van der Waals surface area contributed by atoms with Gasteiger partial charge < -0.3 is 15.2 Å². The van der Waals surface area contributed by atoms with Gasteiger partial charge in [-0.3, -0.25) is 10.1 Å². The van der Waals surface area contributed by atoms with Crippen molar-refractivity contribution in [2.24, 2.45) is 5.92 Å². The summed E-state index contributed by atoms with van der Waals surface area (Å²) in [5.74, 6) is -1.27. The van der Waals surface area contributed by atoms with E-state index in [4.69, 9.17) is 12.2 Å². The molecule has 2 aromatic rings. The van der Waals surface area contributed by atoms with Crippen molar-refractivity contribution in [1.82, 2.24) is 15.6 Å². The number of hydrogen-bond acceptors (Lipinski definition) is 4. The summed E-state index contributed by atoms with van der Waals surface area (Å²) in [6.45, 7) is 0.658. The number of fused-ring (bicyclic) bond motifs is 1. The second kappa shape index (κ2) is 7.67. The van der Waals surface area contributed by atoms with Gasteiger partial charge >= 0.3 is 6.18 Å². The number of benzene rings is 1. The number of aromatic amines is 1. The molecule has 0 radical (unpaired) electrons. The van der Waals surface area contributed by atoms with E-state index < -0.39 is 18.1 Å². The predicted molar refractivity (Wildman–Crippen MR) is 107 cm³/mol. The van der Waals surface area contributed by atoms with E-state index in [1.807, 2.05) is 29.2 Å². The molecule has 0 unspecified atom stereocenters. The molecule has 0 bridgehead atoms. The number of aromatic nitrogens is 1. The fourth-order valence-electron chi connectivity index (χ4n) is 4.01. The first-order valence-corrected chi connectivity index (χ1v) is 9.68. The zero-order valence-electron chi connectivity index (χ0n) is 15.3. The Morgan fingerprint density at radius 2 is 2.03 bits per heavy atom. The van der Waals surface area contributed by atoms with E-state index >= 15 is 0 Å². The van der Waals surface area contributed by atoms with Crippen LogP contribution in [0.5, 0.6) is 0 Å². The van der Waals surface area contributed by atoms with E-state index in [0.717, 1.165) is 11.1 Å². The van der Waals surface area contributed by atoms with E-state index in [1.54, 1.807) is 12.3 Å². The molecule has 9 heteroatoms. The Morgan fingerprint density at radius 3 is 2.79 bits per heavy atom. The summed E-state index contributed by atoms with van der Waals surface area (Å²) in [7, 11) is 0. The minimum atomic E-state index is -4.19. The quantitative estimate of drug-likeness (QED) is 0.661. The van der Waals surface area contributed by atoms with Crippen molar-refractivity contribution in [3.63, 3.8) is 0 Å². The van der Waals surface area contributed by atoms with E-state index in [9.17, 15) is 18.0 Å². The summed E-state index contributed by atoms with van der Waals surface area (Å²) in [6, 6.07) is 8.79. The van der Waals surface area contributed by atoms with Gasteiger partial charge in [0.15, 0.2) is 5.82 Å². The van der Waals surface area contributed by atoms with Crippen LogP contribution in [0.3, 0.4) is 0 Å². The van der Waals surface area contributed by atoms with Crippen LogP contribution < -0.4 is 15.5 Å². The normalized spacial score (nSPS) is 22.1. The largest absolute Gasteiger partial charge is 0.391 e. The third-order valence-electron chi connectivity index (χ3n) is 5.47. The third kappa shape index (κ3) is 3.81. The molecule has 1 aromatic carbocycles. The first kappa shape index (κ1) is 19.7. The van der Waals surface area contributed by atoms with Crippen LogP contribution >= 0.6 is 12.2 Å². The lowest BCUT2D eigenvalue weighted by Gasteiger charge is -2.34. The Labute approximate surface area is 171 Å². The highest BCUT2D eigenvalue weighted by Gasteiger charge is 2.42. The van der Waals surface area contributed by atoms with Gasteiger partial charge in [0.25, 0.3) is 5.91 Å². The summed E-state index contributed by atoms with van der Waals surface area (Å²) >= 11 is 4.94. The van der Waals surface area contributed by atoms with E-state index in [-0.39, 0.29) is 18.7 Å². The fourth-order valence-corrected chi connectivity index (χ4v) is 4.17. The zero-order chi connectivity index (χ0) is 20.6. The molecule has 1 aromatic heterocycles. The van der Waals surface area contributed by atoms with Crippen LogP contribution in [0, 0.1) is 5.92 Å². The Balaban J connectivity index is 1.65. The lowest BCUT2D eigenvalue weighted by Crippen LogP contribution is -2.41. The number of halogens is 3. The Morgan fingerprint density at radius 1 is 1.24 bits per heavy atom. The van der Waals surface area contributed by atoms with Crippen LogP contribution in [0.25, 0.3) is 0 Å². The molecule has 1 saturated heterocycles. The van der Waals surface area contributed by atoms with Gasteiger partial charge in [0.05, 0.1) is 18.2 Å². The highest BCUT2D eigenvalue weighted by Crippen LogP contribution is 2.39. The Bertz CT molecular complexity index is 980. The molecular formula is C20H19F3N4OS. The lowest BCUT2D eigenvalue weighted by molar-refractivity contribution is -0.183. The molecule has 1 amide bonds. The van der Waals surface area contributed by atoms with Crippen LogP contribution in [0.2, 0.25) is 0 Å². The summed E-state index contributed by atoms with van der Waals surface area (Å²) in [4.78, 5) is 16.9. The number of nitrogens with zero attached hydrogens (tertiary/aromatic N) is 1. The average Bonchev–Trinajstić information content (AvgIpc) is 3.20. The third-order valence-corrected chi connectivity index (χ3v) is 5.66. The van der Waals surface area contributed by atoms with Gasteiger partial charge in [0.2, 0.25) is 0 Å². The van der Waals surface area contributed by atoms with E-state index in [1.165, 1.54) is 0 Å². The second-order valence-electron chi connectivity index (χ2n) is 7.20. The monoisotopic (exact) mass is 420 g/mol. The minimum absolute atomic E-state index is 0.00249. The number of carbonyl (C=O) groups excluding carboxylic acids is 1. The van der Waals surface area contributed by atoms with Crippen LogP contribution in [-0.4, -0.2) is 28.6 Å². The average molecular weight is 420 g/mol. The van der Waals surface area contributed by atoms with Gasteiger partial charge in [-0.1, -0.05) is 24.3 Å². The van der Waals surface area contributed by atoms with Crippen LogP contribution in [0.4, 0.5) is 18.9 Å². The number of anilines is 1. The molecule has 4 rings (SSSR count). The van der Waals surface area contributed by atoms with Crippen molar-refractivity contribution in [2.45, 2.75) is 31.6 Å². The number of alkyl halides is 3. The molecule has 1 fully saturated rings. The minimum Gasteiger partial charge on any atom is -0.355 e.